The molecule has 9 heteroatoms. The third kappa shape index (κ3) is 3.94. The van der Waals surface area contributed by atoms with Gasteiger partial charge in [0.15, 0.2) is 0 Å². The van der Waals surface area contributed by atoms with Crippen LogP contribution in [0.5, 0.6) is 0 Å². The minimum Gasteiger partial charge on any atom is -0.368 e. The number of urea groups is 1. The van der Waals surface area contributed by atoms with Crippen LogP contribution in [0.15, 0.2) is 5.16 Å². The summed E-state index contributed by atoms with van der Waals surface area (Å²) in [6.45, 7) is 0. The Morgan fingerprint density at radius 3 is 2.88 bits per heavy atom. The maximum Gasteiger partial charge on any atom is 0.321 e. The molecule has 0 radical (unpaired) electrons. The number of nitrogens with two attached hydrogens (primary N) is 1. The zero-order valence-corrected chi connectivity index (χ0v) is 9.71. The van der Waals surface area contributed by atoms with Crippen LogP contribution in [0.1, 0.15) is 12.8 Å². The minimum atomic E-state index is -0.451. The van der Waals surface area contributed by atoms with Gasteiger partial charge < -0.3 is 11.1 Å². The van der Waals surface area contributed by atoms with Crippen molar-refractivity contribution in [2.75, 3.05) is 11.5 Å². The highest BCUT2D eigenvalue weighted by molar-refractivity contribution is 7.99. The normalized spacial score (nSPS) is 14.4. The van der Waals surface area contributed by atoms with Crippen LogP contribution >= 0.6 is 11.8 Å². The van der Waals surface area contributed by atoms with Gasteiger partial charge in [0.05, 0.1) is 5.75 Å². The van der Waals surface area contributed by atoms with Gasteiger partial charge in [-0.1, -0.05) is 11.8 Å². The van der Waals surface area contributed by atoms with E-state index in [-0.39, 0.29) is 17.7 Å². The van der Waals surface area contributed by atoms with Crippen LogP contribution in [0.2, 0.25) is 0 Å². The molecule has 1 aliphatic rings. The number of H-pyrrole nitrogens is 1. The number of thioether (sulfide) groups is 1. The van der Waals surface area contributed by atoms with Gasteiger partial charge in [-0.3, -0.25) is 10.1 Å². The predicted molar refractivity (Wildman–Crippen MR) is 61.2 cm³/mol. The molecule has 0 aliphatic heterocycles. The van der Waals surface area contributed by atoms with Crippen LogP contribution < -0.4 is 16.4 Å². The number of hydrogen-bond donors (Lipinski definition) is 4. The maximum atomic E-state index is 11.3. The number of nitrogens with zero attached hydrogens (tertiary/aromatic N) is 2. The number of nitrogens with one attached hydrogen (secondary N) is 3. The number of imide groups is 1. The zero-order valence-electron chi connectivity index (χ0n) is 8.90. The summed E-state index contributed by atoms with van der Waals surface area (Å²) in [5.41, 5.74) is 5.32. The molecule has 1 heterocycles. The standard InChI is InChI=1S/C8H12N6O2S/c9-6-12-8(14-13-6)17-3-5(15)11-7(16)10-4-1-2-4/h4H,1-3H2,(H3,9,12,13,14)(H2,10,11,15,16). The summed E-state index contributed by atoms with van der Waals surface area (Å²) in [6.07, 6.45) is 1.96. The Morgan fingerprint density at radius 2 is 2.29 bits per heavy atom. The predicted octanol–water partition coefficient (Wildman–Crippen LogP) is -0.533. The van der Waals surface area contributed by atoms with E-state index in [4.69, 9.17) is 5.73 Å². The van der Waals surface area contributed by atoms with E-state index >= 15 is 0 Å². The van der Waals surface area contributed by atoms with E-state index in [1.807, 2.05) is 0 Å². The molecule has 0 unspecified atom stereocenters. The number of aromatic amines is 1. The molecule has 1 aromatic heterocycles. The van der Waals surface area contributed by atoms with Crippen molar-refractivity contribution < 1.29 is 9.59 Å². The van der Waals surface area contributed by atoms with E-state index in [1.54, 1.807) is 0 Å². The van der Waals surface area contributed by atoms with E-state index in [1.165, 1.54) is 0 Å². The minimum absolute atomic E-state index is 0.0649. The second-order valence-corrected chi connectivity index (χ2v) is 4.53. The Kier molecular flexibility index (Phi) is 3.47. The van der Waals surface area contributed by atoms with Crippen LogP contribution in [0.4, 0.5) is 10.7 Å². The van der Waals surface area contributed by atoms with E-state index in [0.717, 1.165) is 24.6 Å². The first kappa shape index (κ1) is 11.7. The van der Waals surface area contributed by atoms with Crippen LogP contribution in [0.3, 0.4) is 0 Å². The summed E-state index contributed by atoms with van der Waals surface area (Å²) in [4.78, 5) is 26.4. The van der Waals surface area contributed by atoms with E-state index in [0.29, 0.717) is 5.16 Å². The second kappa shape index (κ2) is 5.04. The molecule has 5 N–H and O–H groups in total. The number of rotatable bonds is 4. The van der Waals surface area contributed by atoms with Gasteiger partial charge in [0.25, 0.3) is 0 Å². The zero-order chi connectivity index (χ0) is 12.3. The number of anilines is 1. The highest BCUT2D eigenvalue weighted by Gasteiger charge is 2.23. The van der Waals surface area contributed by atoms with Crippen molar-refractivity contribution in [3.8, 4) is 0 Å². The summed E-state index contributed by atoms with van der Waals surface area (Å²) in [5.74, 6) is -0.133. The van der Waals surface area contributed by atoms with Gasteiger partial charge in [-0.15, -0.1) is 5.10 Å². The highest BCUT2D eigenvalue weighted by Crippen LogP contribution is 2.18. The fourth-order valence-electron chi connectivity index (χ4n) is 1.06. The number of hydrogen-bond acceptors (Lipinski definition) is 6. The van der Waals surface area contributed by atoms with Gasteiger partial charge in [0.1, 0.15) is 0 Å². The van der Waals surface area contributed by atoms with Gasteiger partial charge in [0, 0.05) is 6.04 Å². The summed E-state index contributed by atoms with van der Waals surface area (Å²) >= 11 is 1.10. The lowest BCUT2D eigenvalue weighted by atomic mass is 10.6. The molecule has 1 aromatic rings. The lowest BCUT2D eigenvalue weighted by Gasteiger charge is -2.03. The molecular formula is C8H12N6O2S. The third-order valence-corrected chi connectivity index (χ3v) is 2.83. The van der Waals surface area contributed by atoms with Gasteiger partial charge in [0.2, 0.25) is 17.0 Å². The quantitative estimate of drug-likeness (QED) is 0.536. The van der Waals surface area contributed by atoms with Gasteiger partial charge in [-0.05, 0) is 12.8 Å². The first-order valence-electron chi connectivity index (χ1n) is 5.04. The van der Waals surface area contributed by atoms with Gasteiger partial charge in [-0.2, -0.15) is 4.98 Å². The van der Waals surface area contributed by atoms with Crippen LogP contribution in [-0.4, -0.2) is 38.9 Å². The summed E-state index contributed by atoms with van der Waals surface area (Å²) in [5, 5.41) is 11.4. The van der Waals surface area contributed by atoms with Crippen molar-refractivity contribution in [1.29, 1.82) is 0 Å². The molecule has 17 heavy (non-hydrogen) atoms. The van der Waals surface area contributed by atoms with Crippen molar-refractivity contribution in [3.05, 3.63) is 0 Å². The smallest absolute Gasteiger partial charge is 0.321 e. The average molecular weight is 256 g/mol. The molecule has 2 rings (SSSR count). The van der Waals surface area contributed by atoms with E-state index in [2.05, 4.69) is 25.8 Å². The second-order valence-electron chi connectivity index (χ2n) is 3.59. The number of carbonyl (C=O) groups is 2. The van der Waals surface area contributed by atoms with Crippen LogP contribution in [-0.2, 0) is 4.79 Å². The van der Waals surface area contributed by atoms with E-state index in [9.17, 15) is 9.59 Å². The van der Waals surface area contributed by atoms with Gasteiger partial charge in [-0.25, -0.2) is 9.89 Å². The molecule has 3 amide bonds. The first-order chi connectivity index (χ1) is 8.13. The van der Waals surface area contributed by atoms with Crippen molar-refractivity contribution in [2.24, 2.45) is 0 Å². The highest BCUT2D eigenvalue weighted by atomic mass is 32.2. The maximum absolute atomic E-state index is 11.3. The van der Waals surface area contributed by atoms with Crippen molar-refractivity contribution in [1.82, 2.24) is 25.8 Å². The molecule has 0 saturated heterocycles. The van der Waals surface area contributed by atoms with Gasteiger partial charge >= 0.3 is 6.03 Å². The fourth-order valence-corrected chi connectivity index (χ4v) is 1.67. The fraction of sp³-hybridized carbons (Fsp3) is 0.500. The molecule has 0 bridgehead atoms. The SMILES string of the molecule is Nc1nc(SCC(=O)NC(=O)NC2CC2)n[nH]1. The average Bonchev–Trinajstić information content (AvgIpc) is 2.96. The number of amides is 3. The van der Waals surface area contributed by atoms with Crippen molar-refractivity contribution >= 4 is 29.6 Å². The largest absolute Gasteiger partial charge is 0.368 e. The Bertz CT molecular complexity index is 429. The number of aromatic nitrogens is 3. The lowest BCUT2D eigenvalue weighted by Crippen LogP contribution is -2.41. The molecule has 1 aliphatic carbocycles. The Morgan fingerprint density at radius 1 is 1.53 bits per heavy atom. The lowest BCUT2D eigenvalue weighted by molar-refractivity contribution is -0.117. The van der Waals surface area contributed by atoms with Crippen molar-refractivity contribution in [3.63, 3.8) is 0 Å². The molecule has 1 fully saturated rings. The molecule has 0 spiro atoms. The summed E-state index contributed by atoms with van der Waals surface area (Å²) < 4.78 is 0. The molecule has 1 saturated carbocycles. The molecule has 0 atom stereocenters. The molecule has 92 valence electrons. The topological polar surface area (TPSA) is 126 Å². The van der Waals surface area contributed by atoms with Crippen LogP contribution in [0.25, 0.3) is 0 Å². The molecule has 8 nitrogen and oxygen atoms in total. The van der Waals surface area contributed by atoms with E-state index < -0.39 is 11.9 Å². The molecule has 0 aromatic carbocycles. The third-order valence-electron chi connectivity index (χ3n) is 1.98. The monoisotopic (exact) mass is 256 g/mol. The summed E-state index contributed by atoms with van der Waals surface area (Å²) in [6, 6.07) is -0.226. The summed E-state index contributed by atoms with van der Waals surface area (Å²) in [7, 11) is 0. The number of nitrogen functional groups attached to an aromatic ring is 1. The number of carbonyl (C=O) groups excluding carboxylic acids is 2. The van der Waals surface area contributed by atoms with Crippen LogP contribution in [0, 0.1) is 0 Å². The van der Waals surface area contributed by atoms with Crippen molar-refractivity contribution in [2.45, 2.75) is 24.0 Å². The molecular weight excluding hydrogens is 244 g/mol. The Balaban J connectivity index is 1.67. The first-order valence-corrected chi connectivity index (χ1v) is 6.03. The Labute approximate surface area is 101 Å². The Hall–Kier alpha value is -1.77.